The molecule has 1 aliphatic rings. The van der Waals surface area contributed by atoms with Crippen molar-refractivity contribution in [2.24, 2.45) is 5.92 Å². The molecule has 2 heterocycles. The highest BCUT2D eigenvalue weighted by Gasteiger charge is 2.26. The number of anilines is 1. The Kier molecular flexibility index (Phi) is 4.48. The highest BCUT2D eigenvalue weighted by Crippen LogP contribution is 2.21. The Bertz CT molecular complexity index is 408. The van der Waals surface area contributed by atoms with Crippen molar-refractivity contribution in [3.63, 3.8) is 0 Å². The summed E-state index contributed by atoms with van der Waals surface area (Å²) >= 11 is 1.29. The van der Waals surface area contributed by atoms with Crippen LogP contribution in [0.2, 0.25) is 0 Å². The summed E-state index contributed by atoms with van der Waals surface area (Å²) < 4.78 is 5.16. The molecule has 1 N–H and O–H groups in total. The highest BCUT2D eigenvalue weighted by atomic mass is 32.1. The number of piperidine rings is 1. The van der Waals surface area contributed by atoms with Gasteiger partial charge >= 0.3 is 0 Å². The Morgan fingerprint density at radius 3 is 3.11 bits per heavy atom. The van der Waals surface area contributed by atoms with E-state index in [-0.39, 0.29) is 5.91 Å². The molecule has 0 radical (unpaired) electrons. The van der Waals surface area contributed by atoms with Gasteiger partial charge in [0.2, 0.25) is 10.1 Å². The Balaban J connectivity index is 1.99. The van der Waals surface area contributed by atoms with Crippen molar-refractivity contribution in [2.75, 3.05) is 39.2 Å². The van der Waals surface area contributed by atoms with Crippen molar-refractivity contribution in [1.82, 2.24) is 15.1 Å². The number of nitrogens with zero attached hydrogens (tertiary/aromatic N) is 3. The van der Waals surface area contributed by atoms with Crippen LogP contribution in [0.3, 0.4) is 0 Å². The number of likely N-dealkylation sites (tertiary alicyclic amines) is 1. The van der Waals surface area contributed by atoms with E-state index in [2.05, 4.69) is 15.5 Å². The van der Waals surface area contributed by atoms with Gasteiger partial charge < -0.3 is 15.0 Å². The first-order chi connectivity index (χ1) is 8.74. The molecule has 0 aliphatic carbocycles. The second-order valence-electron chi connectivity index (χ2n) is 4.38. The van der Waals surface area contributed by atoms with E-state index in [4.69, 9.17) is 4.74 Å². The molecule has 1 atom stereocenters. The largest absolute Gasteiger partial charge is 0.384 e. The normalized spacial score (nSPS) is 19.9. The van der Waals surface area contributed by atoms with Gasteiger partial charge in [-0.3, -0.25) is 4.79 Å². The van der Waals surface area contributed by atoms with Crippen molar-refractivity contribution in [1.29, 1.82) is 0 Å². The summed E-state index contributed by atoms with van der Waals surface area (Å²) in [5, 5.41) is 11.8. The van der Waals surface area contributed by atoms with Crippen molar-refractivity contribution < 1.29 is 9.53 Å². The predicted octanol–water partition coefficient (Wildman–Crippen LogP) is 1.08. The Morgan fingerprint density at radius 1 is 1.61 bits per heavy atom. The number of nitrogens with one attached hydrogen (secondary N) is 1. The lowest BCUT2D eigenvalue weighted by atomic mass is 9.99. The molecule has 0 saturated carbocycles. The number of carbonyl (C=O) groups excluding carboxylic acids is 1. The summed E-state index contributed by atoms with van der Waals surface area (Å²) in [7, 11) is 3.47. The number of rotatable bonds is 4. The zero-order chi connectivity index (χ0) is 13.0. The summed E-state index contributed by atoms with van der Waals surface area (Å²) in [6.07, 6.45) is 2.15. The number of amides is 1. The third-order valence-corrected chi connectivity index (χ3v) is 3.96. The van der Waals surface area contributed by atoms with Gasteiger partial charge in [-0.05, 0) is 18.8 Å². The fourth-order valence-corrected chi connectivity index (χ4v) is 2.83. The van der Waals surface area contributed by atoms with Gasteiger partial charge in [0.1, 0.15) is 0 Å². The number of hydrogen-bond acceptors (Lipinski definition) is 6. The maximum Gasteiger partial charge on any atom is 0.284 e. The van der Waals surface area contributed by atoms with E-state index in [0.29, 0.717) is 22.7 Å². The van der Waals surface area contributed by atoms with E-state index in [9.17, 15) is 4.79 Å². The fraction of sp³-hybridized carbons (Fsp3) is 0.727. The van der Waals surface area contributed by atoms with E-state index in [1.54, 1.807) is 14.2 Å². The molecule has 1 aliphatic heterocycles. The number of carbonyl (C=O) groups is 1. The van der Waals surface area contributed by atoms with Gasteiger partial charge in [-0.15, -0.1) is 10.2 Å². The first-order valence-corrected chi connectivity index (χ1v) is 6.85. The fourth-order valence-electron chi connectivity index (χ4n) is 2.17. The Hall–Kier alpha value is -1.21. The standard InChI is InChI=1S/C11H18N4O2S/c1-12-11-14-13-9(18-11)10(16)15-5-3-4-8(6-15)7-17-2/h8H,3-7H2,1-2H3,(H,12,14). The van der Waals surface area contributed by atoms with Crippen LogP contribution in [0, 0.1) is 5.92 Å². The maximum absolute atomic E-state index is 12.2. The lowest BCUT2D eigenvalue weighted by Gasteiger charge is -2.31. The van der Waals surface area contributed by atoms with Gasteiger partial charge in [0.05, 0.1) is 6.61 Å². The topological polar surface area (TPSA) is 67.4 Å². The first-order valence-electron chi connectivity index (χ1n) is 6.04. The summed E-state index contributed by atoms with van der Waals surface area (Å²) in [5.41, 5.74) is 0. The van der Waals surface area contributed by atoms with Gasteiger partial charge in [-0.25, -0.2) is 0 Å². The molecule has 0 aromatic carbocycles. The first kappa shape index (κ1) is 13.2. The average Bonchev–Trinajstić information content (AvgIpc) is 2.87. The molecular formula is C11H18N4O2S. The SMILES string of the molecule is CNc1nnc(C(=O)N2CCCC(COC)C2)s1. The Labute approximate surface area is 110 Å². The predicted molar refractivity (Wildman–Crippen MR) is 70.0 cm³/mol. The lowest BCUT2D eigenvalue weighted by molar-refractivity contribution is 0.0570. The molecule has 2 rings (SSSR count). The molecule has 1 aromatic rings. The summed E-state index contributed by atoms with van der Waals surface area (Å²) in [5.74, 6) is 0.416. The van der Waals surface area contributed by atoms with Crippen LogP contribution in [-0.2, 0) is 4.74 Å². The third-order valence-electron chi connectivity index (χ3n) is 3.03. The summed E-state index contributed by atoms with van der Waals surface area (Å²) in [6.45, 7) is 2.26. The van der Waals surface area contributed by atoms with Crippen LogP contribution in [0.15, 0.2) is 0 Å². The molecule has 18 heavy (non-hydrogen) atoms. The van der Waals surface area contributed by atoms with Crippen LogP contribution in [0.4, 0.5) is 5.13 Å². The van der Waals surface area contributed by atoms with Gasteiger partial charge in [0, 0.05) is 27.2 Å². The summed E-state index contributed by atoms with van der Waals surface area (Å²) in [6, 6.07) is 0. The zero-order valence-corrected chi connectivity index (χ0v) is 11.5. The maximum atomic E-state index is 12.2. The van der Waals surface area contributed by atoms with Gasteiger partial charge in [-0.2, -0.15) is 0 Å². The van der Waals surface area contributed by atoms with Crippen molar-refractivity contribution in [2.45, 2.75) is 12.8 Å². The molecule has 0 spiro atoms. The molecule has 7 heteroatoms. The average molecular weight is 270 g/mol. The second-order valence-corrected chi connectivity index (χ2v) is 5.35. The van der Waals surface area contributed by atoms with Crippen LogP contribution in [0.5, 0.6) is 0 Å². The smallest absolute Gasteiger partial charge is 0.284 e. The van der Waals surface area contributed by atoms with Crippen LogP contribution in [-0.4, -0.2) is 54.9 Å². The van der Waals surface area contributed by atoms with Crippen LogP contribution in [0.25, 0.3) is 0 Å². The molecule has 0 bridgehead atoms. The van der Waals surface area contributed by atoms with Crippen molar-refractivity contribution in [3.8, 4) is 0 Å². The molecule has 1 unspecified atom stereocenters. The van der Waals surface area contributed by atoms with Gasteiger partial charge in [0.15, 0.2) is 0 Å². The molecule has 100 valence electrons. The van der Waals surface area contributed by atoms with Crippen molar-refractivity contribution in [3.05, 3.63) is 5.01 Å². The van der Waals surface area contributed by atoms with Crippen molar-refractivity contribution >= 4 is 22.4 Å². The minimum Gasteiger partial charge on any atom is -0.384 e. The van der Waals surface area contributed by atoms with Crippen LogP contribution >= 0.6 is 11.3 Å². The van der Waals surface area contributed by atoms with Gasteiger partial charge in [-0.1, -0.05) is 11.3 Å². The molecule has 1 aromatic heterocycles. The number of hydrogen-bond donors (Lipinski definition) is 1. The minimum atomic E-state index is -0.0187. The number of aromatic nitrogens is 2. The number of ether oxygens (including phenoxy) is 1. The zero-order valence-electron chi connectivity index (χ0n) is 10.7. The van der Waals surface area contributed by atoms with E-state index < -0.39 is 0 Å². The van der Waals surface area contributed by atoms with E-state index in [0.717, 1.165) is 25.9 Å². The van der Waals surface area contributed by atoms with Crippen LogP contribution in [0.1, 0.15) is 22.6 Å². The summed E-state index contributed by atoms with van der Waals surface area (Å²) in [4.78, 5) is 14.1. The van der Waals surface area contributed by atoms with Gasteiger partial charge in [0.25, 0.3) is 5.91 Å². The van der Waals surface area contributed by atoms with E-state index in [1.165, 1.54) is 11.3 Å². The minimum absolute atomic E-state index is 0.0187. The molecule has 1 fully saturated rings. The van der Waals surface area contributed by atoms with Crippen LogP contribution < -0.4 is 5.32 Å². The number of methoxy groups -OCH3 is 1. The molecule has 1 saturated heterocycles. The Morgan fingerprint density at radius 2 is 2.44 bits per heavy atom. The monoisotopic (exact) mass is 270 g/mol. The van der Waals surface area contributed by atoms with E-state index >= 15 is 0 Å². The molecule has 1 amide bonds. The molecular weight excluding hydrogens is 252 g/mol. The highest BCUT2D eigenvalue weighted by molar-refractivity contribution is 7.17. The third kappa shape index (κ3) is 2.97. The quantitative estimate of drug-likeness (QED) is 0.886. The lowest BCUT2D eigenvalue weighted by Crippen LogP contribution is -2.41. The second kappa shape index (κ2) is 6.10. The van der Waals surface area contributed by atoms with E-state index in [1.807, 2.05) is 4.90 Å². The molecule has 6 nitrogen and oxygen atoms in total.